The third-order valence-electron chi connectivity index (χ3n) is 10.7. The van der Waals surface area contributed by atoms with Gasteiger partial charge in [-0.2, -0.15) is 0 Å². The molecule has 2 heterocycles. The number of carbonyl (C=O) groups excluding carboxylic acids is 1. The fourth-order valence-corrected chi connectivity index (χ4v) is 9.36. The zero-order valence-corrected chi connectivity index (χ0v) is 27.6. The van der Waals surface area contributed by atoms with Gasteiger partial charge in [-0.25, -0.2) is 4.21 Å². The minimum absolute atomic E-state index is 0.0907. The van der Waals surface area contributed by atoms with Crippen molar-refractivity contribution in [1.82, 2.24) is 4.72 Å². The molecule has 1 spiro atoms. The van der Waals surface area contributed by atoms with Crippen LogP contribution in [-0.2, 0) is 21.5 Å². The Morgan fingerprint density at radius 2 is 2.04 bits per heavy atom. The van der Waals surface area contributed by atoms with Crippen LogP contribution in [0.3, 0.4) is 0 Å². The fraction of sp³-hybridized carbons (Fsp3) is 0.500. The van der Waals surface area contributed by atoms with Crippen LogP contribution >= 0.6 is 11.6 Å². The van der Waals surface area contributed by atoms with E-state index in [9.17, 15) is 19.2 Å². The quantitative estimate of drug-likeness (QED) is 0.213. The van der Waals surface area contributed by atoms with Gasteiger partial charge in [-0.05, 0) is 111 Å². The van der Waals surface area contributed by atoms with Gasteiger partial charge in [-0.3, -0.25) is 9.52 Å². The summed E-state index contributed by atoms with van der Waals surface area (Å²) in [5, 5.41) is 21.8. The number of aryl methyl sites for hydroxylation is 1. The van der Waals surface area contributed by atoms with E-state index in [1.54, 1.807) is 12.1 Å². The van der Waals surface area contributed by atoms with E-state index in [4.69, 9.17) is 16.3 Å². The summed E-state index contributed by atoms with van der Waals surface area (Å²) in [7, 11) is -3.00. The van der Waals surface area contributed by atoms with Crippen LogP contribution in [0.2, 0.25) is 5.02 Å². The lowest BCUT2D eigenvalue weighted by molar-refractivity contribution is -0.00332. The minimum atomic E-state index is -3.00. The predicted molar refractivity (Wildman–Crippen MR) is 181 cm³/mol. The third-order valence-corrected chi connectivity index (χ3v) is 13.1. The van der Waals surface area contributed by atoms with Crippen molar-refractivity contribution in [2.75, 3.05) is 31.2 Å². The molecule has 2 bridgehead atoms. The normalized spacial score (nSPS) is 35.3. The largest absolute Gasteiger partial charge is 0.490 e. The Kier molecular flexibility index (Phi) is 8.77. The summed E-state index contributed by atoms with van der Waals surface area (Å²) in [4.78, 5) is 15.9. The molecule has 4 aliphatic rings. The number of nitrogens with zero attached hydrogens (tertiary/aromatic N) is 1. The molecule has 1 amide bonds. The Morgan fingerprint density at radius 3 is 2.80 bits per heavy atom. The first-order valence-electron chi connectivity index (χ1n) is 15.9. The monoisotopic (exact) mass is 650 g/mol. The number of allylic oxidation sites excluding steroid dienone is 1. The number of hydrogen-bond donors (Lipinski definition) is 3. The average molecular weight is 651 g/mol. The zero-order chi connectivity index (χ0) is 32.0. The standard InChI is InChI=1S/C36H43ClN2O5S/c1-24-7-4-16-36(42,17-6-18-40)31-12-9-28(31)21-39-22-35(15-5-8-26-19-29(37)11-13-30(26)35)23-44-33-14-10-27(20-32(33)39)34(41)38-45(3,43)25(24)2/h4,10-11,13-14,16,19-20,24-25,28,31,40,42H,3,5,7-9,12,15,18,21-23H2,1-2H3,(H,38,41,43)/b16-4+/t24-,25+,28-,31+,35-,36-,45?/m0/s1. The fourth-order valence-electron chi connectivity index (χ4n) is 7.68. The van der Waals surface area contributed by atoms with Gasteiger partial charge in [0.05, 0.1) is 22.0 Å². The van der Waals surface area contributed by atoms with E-state index < -0.39 is 26.5 Å². The zero-order valence-electron chi connectivity index (χ0n) is 26.1. The molecule has 2 aromatic carbocycles. The van der Waals surface area contributed by atoms with Crippen molar-refractivity contribution in [1.29, 1.82) is 0 Å². The van der Waals surface area contributed by atoms with E-state index in [1.165, 1.54) is 11.1 Å². The molecule has 0 aromatic heterocycles. The molecular formula is C36H43ClN2O5S. The number of halogens is 1. The van der Waals surface area contributed by atoms with Crippen LogP contribution in [0.5, 0.6) is 5.75 Å². The highest BCUT2D eigenvalue weighted by atomic mass is 35.5. The lowest BCUT2D eigenvalue weighted by atomic mass is 9.64. The lowest BCUT2D eigenvalue weighted by Crippen LogP contribution is -2.52. The van der Waals surface area contributed by atoms with Crippen molar-refractivity contribution < 1.29 is 24.0 Å². The van der Waals surface area contributed by atoms with E-state index in [-0.39, 0.29) is 29.8 Å². The van der Waals surface area contributed by atoms with Crippen molar-refractivity contribution in [2.24, 2.45) is 17.8 Å². The molecular weight excluding hydrogens is 608 g/mol. The Balaban J connectivity index is 1.46. The molecule has 7 nitrogen and oxygen atoms in total. The molecule has 9 heteroatoms. The van der Waals surface area contributed by atoms with Crippen LogP contribution in [0.15, 0.2) is 48.6 Å². The van der Waals surface area contributed by atoms with Gasteiger partial charge < -0.3 is 19.8 Å². The first-order valence-corrected chi connectivity index (χ1v) is 18.1. The first-order chi connectivity index (χ1) is 21.4. The van der Waals surface area contributed by atoms with Gasteiger partial charge in [0.15, 0.2) is 0 Å². The van der Waals surface area contributed by atoms with Crippen LogP contribution in [0.4, 0.5) is 5.69 Å². The van der Waals surface area contributed by atoms with E-state index >= 15 is 0 Å². The molecule has 1 fully saturated rings. The van der Waals surface area contributed by atoms with Gasteiger partial charge in [0.2, 0.25) is 0 Å². The highest BCUT2D eigenvalue weighted by molar-refractivity contribution is 7.99. The van der Waals surface area contributed by atoms with E-state index in [0.29, 0.717) is 37.4 Å². The van der Waals surface area contributed by atoms with Gasteiger partial charge in [0.25, 0.3) is 5.91 Å². The SMILES string of the molecule is C=S1(=O)NC(=O)c2ccc3c(c2)N(C[C@@H]2CC[C@H]2[C@@](O)(C#CCO)/C=C/C[C@H](C)[C@H]1C)C[C@@]1(CCCc2cc(Cl)ccc21)CO3. The van der Waals surface area contributed by atoms with Crippen molar-refractivity contribution in [3.63, 3.8) is 0 Å². The second-order valence-corrected chi connectivity index (χ2v) is 16.3. The van der Waals surface area contributed by atoms with Crippen molar-refractivity contribution in [3.05, 3.63) is 70.3 Å². The number of hydrogen-bond acceptors (Lipinski definition) is 6. The number of aliphatic hydroxyl groups excluding tert-OH is 1. The van der Waals surface area contributed by atoms with Gasteiger partial charge in [-0.15, -0.1) is 0 Å². The molecule has 2 aliphatic carbocycles. The molecule has 45 heavy (non-hydrogen) atoms. The summed E-state index contributed by atoms with van der Waals surface area (Å²) < 4.78 is 23.1. The topological polar surface area (TPSA) is 99.1 Å². The molecule has 7 atom stereocenters. The van der Waals surface area contributed by atoms with Gasteiger partial charge >= 0.3 is 0 Å². The Labute approximate surface area is 272 Å². The summed E-state index contributed by atoms with van der Waals surface area (Å²) >= 11 is 6.42. The maximum absolute atomic E-state index is 13.7. The molecule has 1 unspecified atom stereocenters. The summed E-state index contributed by atoms with van der Waals surface area (Å²) in [5.74, 6) is 9.77. The van der Waals surface area contributed by atoms with Crippen LogP contribution in [-0.4, -0.2) is 63.4 Å². The average Bonchev–Trinajstić information content (AvgIpc) is 3.14. The van der Waals surface area contributed by atoms with E-state index in [0.717, 1.165) is 42.8 Å². The van der Waals surface area contributed by atoms with Gasteiger partial charge in [-0.1, -0.05) is 42.5 Å². The summed E-state index contributed by atoms with van der Waals surface area (Å²) in [6, 6.07) is 11.6. The Morgan fingerprint density at radius 1 is 1.22 bits per heavy atom. The molecule has 240 valence electrons. The second kappa shape index (κ2) is 12.3. The maximum Gasteiger partial charge on any atom is 0.262 e. The number of rotatable bonds is 0. The Hall–Kier alpha value is -2.96. The second-order valence-electron chi connectivity index (χ2n) is 13.5. The van der Waals surface area contributed by atoms with Crippen molar-refractivity contribution in [2.45, 2.75) is 68.6 Å². The molecule has 2 aliphatic heterocycles. The van der Waals surface area contributed by atoms with Gasteiger partial charge in [0.1, 0.15) is 18.0 Å². The molecule has 1 saturated carbocycles. The molecule has 3 N–H and O–H groups in total. The van der Waals surface area contributed by atoms with Gasteiger partial charge in [0, 0.05) is 40.3 Å². The van der Waals surface area contributed by atoms with Crippen molar-refractivity contribution >= 4 is 38.8 Å². The molecule has 2 aromatic rings. The summed E-state index contributed by atoms with van der Waals surface area (Å²) in [6.45, 7) is 5.24. The highest BCUT2D eigenvalue weighted by Gasteiger charge is 2.47. The summed E-state index contributed by atoms with van der Waals surface area (Å²) in [6.07, 6.45) is 8.82. The third kappa shape index (κ3) is 6.13. The number of nitrogens with one attached hydrogen (secondary N) is 1. The number of fused-ring (bicyclic) bond motifs is 4. The number of amides is 1. The maximum atomic E-state index is 13.7. The molecule has 0 saturated heterocycles. The van der Waals surface area contributed by atoms with Crippen LogP contribution < -0.4 is 14.4 Å². The molecule has 6 rings (SSSR count). The number of carbonyl (C=O) groups is 1. The highest BCUT2D eigenvalue weighted by Crippen LogP contribution is 2.48. The van der Waals surface area contributed by atoms with E-state index in [2.05, 4.69) is 39.5 Å². The summed E-state index contributed by atoms with van der Waals surface area (Å²) in [5.41, 5.74) is 1.98. The predicted octanol–water partition coefficient (Wildman–Crippen LogP) is 4.91. The number of ether oxygens (including phenoxy) is 1. The van der Waals surface area contributed by atoms with Crippen LogP contribution in [0.1, 0.15) is 67.4 Å². The number of aliphatic hydroxyl groups is 2. The van der Waals surface area contributed by atoms with Crippen molar-refractivity contribution in [3.8, 4) is 17.6 Å². The molecule has 0 radical (unpaired) electrons. The minimum Gasteiger partial charge on any atom is -0.490 e. The smallest absolute Gasteiger partial charge is 0.262 e. The number of anilines is 1. The van der Waals surface area contributed by atoms with E-state index in [1.807, 2.05) is 38.1 Å². The lowest BCUT2D eigenvalue weighted by Gasteiger charge is -2.47. The first kappa shape index (κ1) is 32.0. The van der Waals surface area contributed by atoms with Crippen LogP contribution in [0.25, 0.3) is 0 Å². The van der Waals surface area contributed by atoms with Crippen LogP contribution in [0, 0.1) is 29.6 Å². The number of benzene rings is 2. The Bertz CT molecular complexity index is 1680.